The van der Waals surface area contributed by atoms with Gasteiger partial charge in [-0.1, -0.05) is 0 Å². The fraction of sp³-hybridized carbons (Fsp3) is 0.548. The molecule has 3 fully saturated rings. The van der Waals surface area contributed by atoms with Gasteiger partial charge in [0.05, 0.1) is 5.69 Å². The van der Waals surface area contributed by atoms with Crippen molar-refractivity contribution in [3.05, 3.63) is 35.7 Å². The van der Waals surface area contributed by atoms with Gasteiger partial charge in [-0.3, -0.25) is 14.8 Å². The minimum atomic E-state index is -3.01. The molecule has 3 saturated heterocycles. The number of halogens is 2. The first-order chi connectivity index (χ1) is 22.2. The van der Waals surface area contributed by atoms with Crippen molar-refractivity contribution in [2.45, 2.75) is 51.3 Å². The van der Waals surface area contributed by atoms with Gasteiger partial charge in [0.2, 0.25) is 0 Å². The molecule has 15 heteroatoms. The molecule has 0 aliphatic carbocycles. The molecule has 46 heavy (non-hydrogen) atoms. The molecular weight excluding hydrogens is 598 g/mol. The summed E-state index contributed by atoms with van der Waals surface area (Å²) in [5.74, 6) is -0.266. The standard InChI is InChI=1S/C31H42F2N10O3/c1-19-17-23(40-39-19)26-29(35-20-7-15-45-16-8-20)38-30(27(37-26)28(34)44)36-21-3-4-24(25(18-21)46-31(32)33)43-9-5-22(6-10-43)42-13-11-41(2)12-14-42/h3-4,17-18,20,22,31H,5-16H2,1-2H3,(H2,34,44)(H,39,40)(H2,35,36,38). The van der Waals surface area contributed by atoms with Crippen LogP contribution in [-0.2, 0) is 4.74 Å². The summed E-state index contributed by atoms with van der Waals surface area (Å²) in [6.07, 6.45) is 3.42. The lowest BCUT2D eigenvalue weighted by Crippen LogP contribution is -2.52. The van der Waals surface area contributed by atoms with E-state index >= 15 is 0 Å². The number of nitrogens with one attached hydrogen (secondary N) is 3. The van der Waals surface area contributed by atoms with Crippen LogP contribution >= 0.6 is 0 Å². The van der Waals surface area contributed by atoms with Crippen molar-refractivity contribution >= 4 is 28.9 Å². The smallest absolute Gasteiger partial charge is 0.387 e. The number of anilines is 4. The van der Waals surface area contributed by atoms with Gasteiger partial charge in [0, 0.05) is 82.0 Å². The number of aromatic amines is 1. The van der Waals surface area contributed by atoms with E-state index < -0.39 is 12.5 Å². The summed E-state index contributed by atoms with van der Waals surface area (Å²) in [5.41, 5.74) is 8.32. The highest BCUT2D eigenvalue weighted by Gasteiger charge is 2.29. The summed E-state index contributed by atoms with van der Waals surface area (Å²) in [6.45, 7) is 5.74. The second-order valence-corrected chi connectivity index (χ2v) is 12.2. The summed E-state index contributed by atoms with van der Waals surface area (Å²) < 4.78 is 37.8. The number of likely N-dealkylation sites (N-methyl/N-ethyl adjacent to an activating group) is 1. The van der Waals surface area contributed by atoms with Crippen LogP contribution in [0.3, 0.4) is 0 Å². The largest absolute Gasteiger partial charge is 0.433 e. The van der Waals surface area contributed by atoms with Crippen LogP contribution in [0.15, 0.2) is 24.3 Å². The van der Waals surface area contributed by atoms with E-state index in [4.69, 9.17) is 20.2 Å². The number of benzene rings is 1. The van der Waals surface area contributed by atoms with E-state index in [1.807, 2.05) is 6.92 Å². The molecule has 5 N–H and O–H groups in total. The number of alkyl halides is 2. The number of carbonyl (C=O) groups is 1. The molecule has 3 aromatic rings. The third kappa shape index (κ3) is 7.48. The molecular formula is C31H42F2N10O3. The molecule has 0 bridgehead atoms. The van der Waals surface area contributed by atoms with E-state index in [1.165, 1.54) is 6.07 Å². The van der Waals surface area contributed by atoms with Gasteiger partial charge in [-0.25, -0.2) is 9.97 Å². The molecule has 5 heterocycles. The van der Waals surface area contributed by atoms with E-state index in [1.54, 1.807) is 18.2 Å². The number of amides is 1. The minimum Gasteiger partial charge on any atom is -0.433 e. The predicted molar refractivity (Wildman–Crippen MR) is 171 cm³/mol. The van der Waals surface area contributed by atoms with Crippen LogP contribution in [0.4, 0.5) is 31.8 Å². The lowest BCUT2D eigenvalue weighted by Gasteiger charge is -2.42. The Bertz CT molecular complexity index is 1500. The summed E-state index contributed by atoms with van der Waals surface area (Å²) in [6, 6.07) is 7.36. The van der Waals surface area contributed by atoms with Crippen molar-refractivity contribution in [2.24, 2.45) is 5.73 Å². The normalized spacial score (nSPS) is 19.0. The van der Waals surface area contributed by atoms with Gasteiger partial charge in [0.25, 0.3) is 5.91 Å². The Hall–Kier alpha value is -4.08. The molecule has 0 unspecified atom stereocenters. The second kappa shape index (κ2) is 14.1. The molecule has 3 aliphatic rings. The molecule has 1 amide bonds. The van der Waals surface area contributed by atoms with Crippen LogP contribution in [0.5, 0.6) is 5.75 Å². The van der Waals surface area contributed by atoms with Crippen LogP contribution in [0, 0.1) is 6.92 Å². The number of H-pyrrole nitrogens is 1. The maximum absolute atomic E-state index is 13.6. The van der Waals surface area contributed by atoms with E-state index in [0.29, 0.717) is 47.8 Å². The summed E-state index contributed by atoms with van der Waals surface area (Å²) in [5, 5.41) is 13.7. The Labute approximate surface area is 266 Å². The van der Waals surface area contributed by atoms with Crippen molar-refractivity contribution in [1.82, 2.24) is 30.0 Å². The topological polar surface area (TPSA) is 150 Å². The number of hydrogen-bond acceptors (Lipinski definition) is 11. The van der Waals surface area contributed by atoms with Crippen molar-refractivity contribution < 1.29 is 23.0 Å². The Morgan fingerprint density at radius 3 is 2.43 bits per heavy atom. The molecule has 1 aromatic carbocycles. The highest BCUT2D eigenvalue weighted by Crippen LogP contribution is 2.37. The lowest BCUT2D eigenvalue weighted by molar-refractivity contribution is -0.0495. The fourth-order valence-corrected chi connectivity index (χ4v) is 6.39. The number of aromatic nitrogens is 4. The quantitative estimate of drug-likeness (QED) is 0.258. The maximum Gasteiger partial charge on any atom is 0.387 e. The van der Waals surface area contributed by atoms with Crippen LogP contribution < -0.4 is 26.0 Å². The zero-order valence-corrected chi connectivity index (χ0v) is 26.3. The first-order valence-electron chi connectivity index (χ1n) is 15.9. The summed E-state index contributed by atoms with van der Waals surface area (Å²) in [4.78, 5) is 28.9. The highest BCUT2D eigenvalue weighted by atomic mass is 19.3. The Balaban J connectivity index is 1.26. The number of piperidine rings is 1. The van der Waals surface area contributed by atoms with Gasteiger partial charge in [-0.2, -0.15) is 13.9 Å². The third-order valence-corrected chi connectivity index (χ3v) is 8.94. The van der Waals surface area contributed by atoms with Gasteiger partial charge >= 0.3 is 6.61 Å². The van der Waals surface area contributed by atoms with Crippen molar-refractivity contribution in [3.8, 4) is 17.1 Å². The van der Waals surface area contributed by atoms with E-state index in [9.17, 15) is 13.6 Å². The molecule has 0 radical (unpaired) electrons. The summed E-state index contributed by atoms with van der Waals surface area (Å²) in [7, 11) is 2.14. The second-order valence-electron chi connectivity index (χ2n) is 12.2. The van der Waals surface area contributed by atoms with E-state index in [0.717, 1.165) is 70.6 Å². The van der Waals surface area contributed by atoms with Gasteiger partial charge in [0.15, 0.2) is 23.1 Å². The lowest BCUT2D eigenvalue weighted by atomic mass is 10.0. The van der Waals surface area contributed by atoms with E-state index in [-0.39, 0.29) is 23.3 Å². The van der Waals surface area contributed by atoms with Crippen LogP contribution in [0.2, 0.25) is 0 Å². The van der Waals surface area contributed by atoms with Gasteiger partial charge < -0.3 is 35.6 Å². The highest BCUT2D eigenvalue weighted by molar-refractivity contribution is 5.97. The third-order valence-electron chi connectivity index (χ3n) is 8.94. The van der Waals surface area contributed by atoms with Gasteiger partial charge in [-0.15, -0.1) is 0 Å². The Morgan fingerprint density at radius 2 is 1.78 bits per heavy atom. The average molecular weight is 641 g/mol. The molecule has 3 aliphatic heterocycles. The SMILES string of the molecule is Cc1cc(-c2nc(C(N)=O)c(Nc3ccc(N4CCC(N5CCN(C)CC5)CC4)c(OC(F)F)c3)nc2NC2CCOCC2)n[nH]1. The molecule has 6 rings (SSSR count). The zero-order chi connectivity index (χ0) is 32.2. The number of ether oxygens (including phenoxy) is 2. The zero-order valence-electron chi connectivity index (χ0n) is 26.3. The van der Waals surface area contributed by atoms with Crippen LogP contribution in [0.25, 0.3) is 11.4 Å². The molecule has 0 atom stereocenters. The molecule has 13 nitrogen and oxygen atoms in total. The molecule has 0 saturated carbocycles. The van der Waals surface area contributed by atoms with Crippen LogP contribution in [-0.4, -0.2) is 114 Å². The first-order valence-corrected chi connectivity index (χ1v) is 15.9. The first kappa shape index (κ1) is 31.9. The Morgan fingerprint density at radius 1 is 1.04 bits per heavy atom. The molecule has 2 aromatic heterocycles. The number of hydrogen-bond donors (Lipinski definition) is 4. The monoisotopic (exact) mass is 640 g/mol. The Kier molecular flexibility index (Phi) is 9.80. The molecule has 0 spiro atoms. The van der Waals surface area contributed by atoms with Crippen molar-refractivity contribution in [3.63, 3.8) is 0 Å². The predicted octanol–water partition coefficient (Wildman–Crippen LogP) is 3.43. The average Bonchev–Trinajstić information content (AvgIpc) is 3.48. The van der Waals surface area contributed by atoms with Gasteiger partial charge in [0.1, 0.15) is 11.4 Å². The fourth-order valence-electron chi connectivity index (χ4n) is 6.39. The van der Waals surface area contributed by atoms with Gasteiger partial charge in [-0.05, 0) is 57.9 Å². The van der Waals surface area contributed by atoms with Crippen LogP contribution in [0.1, 0.15) is 41.9 Å². The number of piperazine rings is 1. The van der Waals surface area contributed by atoms with E-state index in [2.05, 4.69) is 47.6 Å². The number of aryl methyl sites for hydroxylation is 1. The number of nitrogens with zero attached hydrogens (tertiary/aromatic N) is 6. The number of nitrogens with two attached hydrogens (primary N) is 1. The number of carbonyl (C=O) groups excluding carboxylic acids is 1. The summed E-state index contributed by atoms with van der Waals surface area (Å²) >= 11 is 0. The molecule has 248 valence electrons. The maximum atomic E-state index is 13.6. The number of primary amides is 1. The van der Waals surface area contributed by atoms with Crippen molar-refractivity contribution in [1.29, 1.82) is 0 Å². The number of rotatable bonds is 10. The van der Waals surface area contributed by atoms with Crippen molar-refractivity contribution in [2.75, 3.05) is 75.1 Å². The minimum absolute atomic E-state index is 0.0378.